The summed E-state index contributed by atoms with van der Waals surface area (Å²) >= 11 is 0. The molecule has 2 aromatic carbocycles. The first-order valence-electron chi connectivity index (χ1n) is 13.8. The summed E-state index contributed by atoms with van der Waals surface area (Å²) in [5.41, 5.74) is 1.13. The lowest BCUT2D eigenvalue weighted by Crippen LogP contribution is -2.68. The number of carboxylic acid groups (broad SMARTS) is 1. The van der Waals surface area contributed by atoms with E-state index in [0.717, 1.165) is 5.56 Å². The molecule has 2 N–H and O–H groups in total. The predicted molar refractivity (Wildman–Crippen MR) is 146 cm³/mol. The van der Waals surface area contributed by atoms with E-state index in [1.165, 1.54) is 48.5 Å². The van der Waals surface area contributed by atoms with Crippen LogP contribution in [0.5, 0.6) is 5.75 Å². The summed E-state index contributed by atoms with van der Waals surface area (Å²) in [6.07, 6.45) is -8.56. The molecule has 0 heterocycles. The number of amides is 2. The van der Waals surface area contributed by atoms with Crippen molar-refractivity contribution in [1.29, 1.82) is 0 Å². The maximum atomic E-state index is 14.7. The quantitative estimate of drug-likeness (QED) is 0.175. The van der Waals surface area contributed by atoms with Gasteiger partial charge in [-0.1, -0.05) is 38.1 Å². The molecule has 0 saturated carbocycles. The first kappa shape index (κ1) is 39.3. The lowest BCUT2D eigenvalue weighted by molar-refractivity contribution is -0.422. The van der Waals surface area contributed by atoms with Crippen molar-refractivity contribution >= 4 is 17.7 Å². The number of aliphatic carboxylic acids is 1. The predicted octanol–water partition coefficient (Wildman–Crippen LogP) is 7.86. The van der Waals surface area contributed by atoms with Crippen molar-refractivity contribution < 1.29 is 72.5 Å². The van der Waals surface area contributed by atoms with E-state index in [0.29, 0.717) is 5.56 Å². The van der Waals surface area contributed by atoms with Crippen LogP contribution in [0.2, 0.25) is 0 Å². The van der Waals surface area contributed by atoms with Gasteiger partial charge in [-0.2, -0.15) is 48.3 Å². The molecular weight excluding hydrogens is 665 g/mol. The number of rotatable bonds is 16. The number of nitrogens with zero attached hydrogens (tertiary/aromatic N) is 1. The summed E-state index contributed by atoms with van der Waals surface area (Å²) in [5.74, 6) is -30.1. The molecule has 1 atom stereocenters. The summed E-state index contributed by atoms with van der Waals surface area (Å²) in [7, 11) is 0. The normalized spacial score (nSPS) is 13.8. The van der Waals surface area contributed by atoms with E-state index in [2.05, 4.69) is 0 Å². The number of carboxylic acids is 1. The number of halogens is 11. The molecule has 0 aliphatic carbocycles. The second-order valence-electron chi connectivity index (χ2n) is 10.5. The molecule has 7 nitrogen and oxygen atoms in total. The Morgan fingerprint density at radius 2 is 1.38 bits per heavy atom. The average molecular weight is 697 g/mol. The Morgan fingerprint density at radius 3 is 1.85 bits per heavy atom. The highest BCUT2D eigenvalue weighted by Crippen LogP contribution is 2.57. The second kappa shape index (κ2) is 14.9. The molecule has 0 fully saturated rings. The van der Waals surface area contributed by atoms with Crippen molar-refractivity contribution in [2.75, 3.05) is 31.6 Å². The van der Waals surface area contributed by atoms with Crippen LogP contribution in [0.4, 0.5) is 58.8 Å². The van der Waals surface area contributed by atoms with E-state index in [1.807, 2.05) is 19.2 Å². The molecule has 1 unspecified atom stereocenters. The second-order valence-corrected chi connectivity index (χ2v) is 10.5. The van der Waals surface area contributed by atoms with Crippen LogP contribution in [0.3, 0.4) is 0 Å². The largest absolute Gasteiger partial charge is 0.492 e. The lowest BCUT2D eigenvalue weighted by atomic mass is 9.97. The lowest BCUT2D eigenvalue weighted by Gasteiger charge is -2.38. The molecule has 0 radical (unpaired) electrons. The minimum Gasteiger partial charge on any atom is -0.492 e. The zero-order valence-corrected chi connectivity index (χ0v) is 25.0. The van der Waals surface area contributed by atoms with Crippen LogP contribution in [-0.2, 0) is 16.0 Å². The van der Waals surface area contributed by atoms with Crippen LogP contribution < -0.4 is 10.1 Å². The first-order valence-corrected chi connectivity index (χ1v) is 13.8. The smallest absolute Gasteiger partial charge is 0.460 e. The van der Waals surface area contributed by atoms with Gasteiger partial charge in [-0.3, -0.25) is 0 Å². The van der Waals surface area contributed by atoms with Gasteiger partial charge in [0.1, 0.15) is 12.4 Å². The minimum absolute atomic E-state index is 0.0168. The first-order chi connectivity index (χ1) is 21.5. The molecule has 2 aromatic rings. The van der Waals surface area contributed by atoms with Gasteiger partial charge in [0.15, 0.2) is 6.10 Å². The molecule has 0 aromatic heterocycles. The molecule has 0 aliphatic heterocycles. The molecule has 2 amide bonds. The van der Waals surface area contributed by atoms with Crippen molar-refractivity contribution in [2.24, 2.45) is 0 Å². The molecule has 0 saturated heterocycles. The topological polar surface area (TPSA) is 88.1 Å². The number of ether oxygens (including phenoxy) is 2. The third-order valence-corrected chi connectivity index (χ3v) is 6.73. The fourth-order valence-electron chi connectivity index (χ4n) is 3.98. The van der Waals surface area contributed by atoms with Gasteiger partial charge in [0.05, 0.1) is 13.1 Å². The SMILES string of the molecule is CCOC(Cc1ccc(OCCN(CC(F)(F)C(F)(F)C(F)(F)C(F)(F)C(F)(F)F)C(=O)Nc2ccc(C(C)C)cc2)cc1)C(=O)O. The zero-order chi connectivity index (χ0) is 36.0. The minimum atomic E-state index is -7.63. The van der Waals surface area contributed by atoms with Gasteiger partial charge in [0, 0.05) is 18.7 Å². The van der Waals surface area contributed by atoms with Gasteiger partial charge in [0.25, 0.3) is 0 Å². The van der Waals surface area contributed by atoms with Crippen molar-refractivity contribution in [2.45, 2.75) is 69.1 Å². The van der Waals surface area contributed by atoms with Crippen LogP contribution in [0.1, 0.15) is 37.8 Å². The highest BCUT2D eigenvalue weighted by Gasteiger charge is 2.87. The van der Waals surface area contributed by atoms with E-state index in [-0.39, 0.29) is 35.3 Å². The number of nitrogens with one attached hydrogen (secondary N) is 1. The maximum absolute atomic E-state index is 14.7. The zero-order valence-electron chi connectivity index (χ0n) is 25.0. The van der Waals surface area contributed by atoms with Crippen LogP contribution in [0.15, 0.2) is 48.5 Å². The maximum Gasteiger partial charge on any atom is 0.460 e. The summed E-state index contributed by atoms with van der Waals surface area (Å²) in [6.45, 7) is 0.740. The number of carbonyl (C=O) groups is 2. The van der Waals surface area contributed by atoms with Crippen LogP contribution in [-0.4, -0.2) is 84.3 Å². The van der Waals surface area contributed by atoms with Crippen LogP contribution in [0, 0.1) is 0 Å². The van der Waals surface area contributed by atoms with Gasteiger partial charge in [-0.25, -0.2) is 9.59 Å². The van der Waals surface area contributed by atoms with Crippen molar-refractivity contribution in [3.8, 4) is 5.75 Å². The standard InChI is InChI=1S/C29H31F11N2O5/c1-4-46-22(23(43)44)15-18-5-11-21(12-6-18)47-14-13-42(24(45)41-20-9-7-19(8-10-20)17(2)3)16-25(30,31)26(32,33)27(34,35)28(36,37)29(38,39)40/h5-12,17,22H,4,13-16H2,1-3H3,(H,41,45)(H,43,44). The Hall–Kier alpha value is -3.83. The molecular formula is C29H31F11N2O5. The Bertz CT molecular complexity index is 1340. The van der Waals surface area contributed by atoms with E-state index in [1.54, 1.807) is 6.92 Å². The number of hydrogen-bond donors (Lipinski definition) is 2. The molecule has 264 valence electrons. The Balaban J connectivity index is 2.30. The van der Waals surface area contributed by atoms with Crippen molar-refractivity contribution in [1.82, 2.24) is 4.90 Å². The third kappa shape index (κ3) is 9.16. The molecule has 2 rings (SSSR count). The highest BCUT2D eigenvalue weighted by atomic mass is 19.4. The van der Waals surface area contributed by atoms with Crippen LogP contribution in [0.25, 0.3) is 0 Å². The summed E-state index contributed by atoms with van der Waals surface area (Å²) < 4.78 is 160. The van der Waals surface area contributed by atoms with E-state index < -0.39 is 67.7 Å². The number of urea groups is 1. The van der Waals surface area contributed by atoms with E-state index >= 15 is 0 Å². The molecule has 0 spiro atoms. The Labute approximate surface area is 261 Å². The summed E-state index contributed by atoms with van der Waals surface area (Å²) in [4.78, 5) is 23.9. The fourth-order valence-corrected chi connectivity index (χ4v) is 3.98. The van der Waals surface area contributed by atoms with Crippen molar-refractivity contribution in [3.63, 3.8) is 0 Å². The summed E-state index contributed by atoms with van der Waals surface area (Å²) in [6, 6.07) is 9.31. The van der Waals surface area contributed by atoms with Crippen molar-refractivity contribution in [3.05, 3.63) is 59.7 Å². The third-order valence-electron chi connectivity index (χ3n) is 6.73. The number of hydrogen-bond acceptors (Lipinski definition) is 4. The van der Waals surface area contributed by atoms with Crippen LogP contribution >= 0.6 is 0 Å². The fraction of sp³-hybridized carbons (Fsp3) is 0.517. The Kier molecular flexibility index (Phi) is 12.5. The number of alkyl halides is 11. The highest BCUT2D eigenvalue weighted by molar-refractivity contribution is 5.89. The summed E-state index contributed by atoms with van der Waals surface area (Å²) in [5, 5.41) is 11.2. The Morgan fingerprint density at radius 1 is 0.830 bits per heavy atom. The number of carbonyl (C=O) groups excluding carboxylic acids is 1. The van der Waals surface area contributed by atoms with Gasteiger partial charge in [-0.05, 0) is 48.2 Å². The van der Waals surface area contributed by atoms with Gasteiger partial charge in [0.2, 0.25) is 0 Å². The van der Waals surface area contributed by atoms with E-state index in [4.69, 9.17) is 9.47 Å². The molecule has 47 heavy (non-hydrogen) atoms. The van der Waals surface area contributed by atoms with Gasteiger partial charge < -0.3 is 24.8 Å². The molecule has 0 bridgehead atoms. The number of anilines is 1. The van der Waals surface area contributed by atoms with E-state index in [9.17, 15) is 63.0 Å². The monoisotopic (exact) mass is 696 g/mol. The van der Waals surface area contributed by atoms with Gasteiger partial charge >= 0.3 is 41.9 Å². The molecule has 0 aliphatic rings. The number of benzene rings is 2. The molecule has 18 heteroatoms. The van der Waals surface area contributed by atoms with Gasteiger partial charge in [-0.15, -0.1) is 0 Å². The average Bonchev–Trinajstić information content (AvgIpc) is 2.96.